The van der Waals surface area contributed by atoms with Crippen LogP contribution in [0.25, 0.3) is 0 Å². The molecule has 1 N–H and O–H groups in total. The van der Waals surface area contributed by atoms with E-state index in [-0.39, 0.29) is 17.9 Å². The van der Waals surface area contributed by atoms with Crippen LogP contribution in [-0.2, 0) is 0 Å². The zero-order valence-electron chi connectivity index (χ0n) is 11.6. The van der Waals surface area contributed by atoms with Gasteiger partial charge in [0.15, 0.2) is 0 Å². The molecule has 104 valence electrons. The molecule has 0 saturated carbocycles. The summed E-state index contributed by atoms with van der Waals surface area (Å²) in [6, 6.07) is 15.4. The first-order valence-electron chi connectivity index (χ1n) is 6.69. The van der Waals surface area contributed by atoms with Crippen LogP contribution in [0.15, 0.2) is 54.6 Å². The van der Waals surface area contributed by atoms with Crippen molar-refractivity contribution in [2.75, 3.05) is 0 Å². The normalized spacial score (nSPS) is 12.2. The molecule has 0 radical (unpaired) electrons. The molecule has 2 rings (SSSR count). The second-order valence-electron chi connectivity index (χ2n) is 5.12. The van der Waals surface area contributed by atoms with Crippen molar-refractivity contribution in [1.82, 2.24) is 5.32 Å². The predicted octanol–water partition coefficient (Wildman–Crippen LogP) is 3.95. The summed E-state index contributed by atoms with van der Waals surface area (Å²) in [6.45, 7) is 4.09. The summed E-state index contributed by atoms with van der Waals surface area (Å²) in [5.41, 5.74) is 1.39. The summed E-state index contributed by atoms with van der Waals surface area (Å²) < 4.78 is 13.2. The molecule has 1 amide bonds. The first kappa shape index (κ1) is 14.3. The molecule has 2 nitrogen and oxygen atoms in total. The van der Waals surface area contributed by atoms with Gasteiger partial charge < -0.3 is 5.32 Å². The zero-order chi connectivity index (χ0) is 14.5. The SMILES string of the molecule is CC(C)[C@@H](NC(=O)c1cccc(F)c1)c1ccccc1. The molecule has 1 atom stereocenters. The summed E-state index contributed by atoms with van der Waals surface area (Å²) in [7, 11) is 0. The second kappa shape index (κ2) is 6.33. The Kier molecular flexibility index (Phi) is 4.51. The van der Waals surface area contributed by atoms with Crippen molar-refractivity contribution >= 4 is 5.91 Å². The lowest BCUT2D eigenvalue weighted by Gasteiger charge is -2.23. The summed E-state index contributed by atoms with van der Waals surface area (Å²) in [6.07, 6.45) is 0. The molecule has 0 aliphatic heterocycles. The Morgan fingerprint density at radius 1 is 1.05 bits per heavy atom. The molecule has 0 aromatic heterocycles. The fourth-order valence-electron chi connectivity index (χ4n) is 2.15. The largest absolute Gasteiger partial charge is 0.345 e. The lowest BCUT2D eigenvalue weighted by molar-refractivity contribution is 0.0925. The first-order chi connectivity index (χ1) is 9.58. The number of rotatable bonds is 4. The minimum Gasteiger partial charge on any atom is -0.345 e. The maximum Gasteiger partial charge on any atom is 0.251 e. The average Bonchev–Trinajstić information content (AvgIpc) is 2.45. The Hall–Kier alpha value is -2.16. The quantitative estimate of drug-likeness (QED) is 0.896. The molecular weight excluding hydrogens is 253 g/mol. The summed E-state index contributed by atoms with van der Waals surface area (Å²) >= 11 is 0. The Labute approximate surface area is 118 Å². The highest BCUT2D eigenvalue weighted by Crippen LogP contribution is 2.21. The minimum absolute atomic E-state index is 0.0908. The van der Waals surface area contributed by atoms with Crippen LogP contribution in [0.4, 0.5) is 4.39 Å². The number of carbonyl (C=O) groups is 1. The number of hydrogen-bond donors (Lipinski definition) is 1. The van der Waals surface area contributed by atoms with Crippen LogP contribution in [0, 0.1) is 11.7 Å². The monoisotopic (exact) mass is 271 g/mol. The molecule has 0 saturated heterocycles. The molecular formula is C17H18FNO. The van der Waals surface area contributed by atoms with E-state index in [2.05, 4.69) is 5.32 Å². The number of hydrogen-bond acceptors (Lipinski definition) is 1. The van der Waals surface area contributed by atoms with Gasteiger partial charge in [-0.1, -0.05) is 50.2 Å². The van der Waals surface area contributed by atoms with Crippen LogP contribution in [0.1, 0.15) is 35.8 Å². The van der Waals surface area contributed by atoms with Crippen molar-refractivity contribution in [3.63, 3.8) is 0 Å². The summed E-state index contributed by atoms with van der Waals surface area (Å²) in [5.74, 6) is -0.416. The van der Waals surface area contributed by atoms with E-state index >= 15 is 0 Å². The number of halogens is 1. The van der Waals surface area contributed by atoms with Crippen LogP contribution < -0.4 is 5.32 Å². The van der Waals surface area contributed by atoms with Gasteiger partial charge in [0.05, 0.1) is 6.04 Å². The maximum atomic E-state index is 13.2. The van der Waals surface area contributed by atoms with E-state index in [4.69, 9.17) is 0 Å². The molecule has 0 fully saturated rings. The molecule has 0 aliphatic carbocycles. The minimum atomic E-state index is -0.404. The van der Waals surface area contributed by atoms with Crippen molar-refractivity contribution in [2.24, 2.45) is 5.92 Å². The van der Waals surface area contributed by atoms with E-state index < -0.39 is 5.82 Å². The Morgan fingerprint density at radius 3 is 2.35 bits per heavy atom. The zero-order valence-corrected chi connectivity index (χ0v) is 11.6. The Balaban J connectivity index is 2.19. The van der Waals surface area contributed by atoms with E-state index in [1.807, 2.05) is 44.2 Å². The molecule has 2 aromatic rings. The maximum absolute atomic E-state index is 13.2. The Morgan fingerprint density at radius 2 is 1.75 bits per heavy atom. The molecule has 3 heteroatoms. The summed E-state index contributed by atoms with van der Waals surface area (Å²) in [4.78, 5) is 12.2. The van der Waals surface area contributed by atoms with Gasteiger partial charge in [-0.05, 0) is 29.7 Å². The lowest BCUT2D eigenvalue weighted by Crippen LogP contribution is -2.31. The molecule has 20 heavy (non-hydrogen) atoms. The smallest absolute Gasteiger partial charge is 0.251 e. The number of amides is 1. The highest BCUT2D eigenvalue weighted by Gasteiger charge is 2.19. The van der Waals surface area contributed by atoms with Crippen LogP contribution in [0.5, 0.6) is 0 Å². The van der Waals surface area contributed by atoms with Gasteiger partial charge in [0.1, 0.15) is 5.82 Å². The highest BCUT2D eigenvalue weighted by molar-refractivity contribution is 5.94. The molecule has 0 aliphatic rings. The topological polar surface area (TPSA) is 29.1 Å². The van der Waals surface area contributed by atoms with Crippen molar-refractivity contribution in [3.05, 3.63) is 71.5 Å². The van der Waals surface area contributed by atoms with E-state index in [0.29, 0.717) is 5.56 Å². The predicted molar refractivity (Wildman–Crippen MR) is 77.9 cm³/mol. The van der Waals surface area contributed by atoms with Crippen LogP contribution >= 0.6 is 0 Å². The molecule has 0 spiro atoms. The van der Waals surface area contributed by atoms with Gasteiger partial charge in [0, 0.05) is 5.56 Å². The highest BCUT2D eigenvalue weighted by atomic mass is 19.1. The number of carbonyl (C=O) groups excluding carboxylic acids is 1. The van der Waals surface area contributed by atoms with Gasteiger partial charge in [-0.15, -0.1) is 0 Å². The first-order valence-corrected chi connectivity index (χ1v) is 6.69. The van der Waals surface area contributed by atoms with Gasteiger partial charge in [-0.2, -0.15) is 0 Å². The van der Waals surface area contributed by atoms with E-state index in [1.54, 1.807) is 6.07 Å². The standard InChI is InChI=1S/C17H18FNO/c1-12(2)16(13-7-4-3-5-8-13)19-17(20)14-9-6-10-15(18)11-14/h3-12,16H,1-2H3,(H,19,20)/t16-/m1/s1. The molecule has 0 heterocycles. The lowest BCUT2D eigenvalue weighted by atomic mass is 9.95. The van der Waals surface area contributed by atoms with E-state index in [1.165, 1.54) is 18.2 Å². The van der Waals surface area contributed by atoms with Crippen LogP contribution in [0.3, 0.4) is 0 Å². The van der Waals surface area contributed by atoms with E-state index in [9.17, 15) is 9.18 Å². The second-order valence-corrected chi connectivity index (χ2v) is 5.12. The molecule has 0 bridgehead atoms. The van der Waals surface area contributed by atoms with Crippen molar-refractivity contribution in [2.45, 2.75) is 19.9 Å². The van der Waals surface area contributed by atoms with Gasteiger partial charge >= 0.3 is 0 Å². The van der Waals surface area contributed by atoms with Crippen molar-refractivity contribution in [3.8, 4) is 0 Å². The molecule has 2 aromatic carbocycles. The third-order valence-corrected chi connectivity index (χ3v) is 3.20. The van der Waals surface area contributed by atoms with Crippen molar-refractivity contribution in [1.29, 1.82) is 0 Å². The van der Waals surface area contributed by atoms with Gasteiger partial charge in [0.2, 0.25) is 0 Å². The fraction of sp³-hybridized carbons (Fsp3) is 0.235. The third-order valence-electron chi connectivity index (χ3n) is 3.20. The van der Waals surface area contributed by atoms with E-state index in [0.717, 1.165) is 5.56 Å². The third kappa shape index (κ3) is 3.44. The van der Waals surface area contributed by atoms with Gasteiger partial charge in [0.25, 0.3) is 5.91 Å². The number of benzene rings is 2. The summed E-state index contributed by atoms with van der Waals surface area (Å²) in [5, 5.41) is 2.97. The number of nitrogens with one attached hydrogen (secondary N) is 1. The fourth-order valence-corrected chi connectivity index (χ4v) is 2.15. The van der Waals surface area contributed by atoms with Gasteiger partial charge in [-0.25, -0.2) is 4.39 Å². The van der Waals surface area contributed by atoms with Crippen molar-refractivity contribution < 1.29 is 9.18 Å². The van der Waals surface area contributed by atoms with Crippen LogP contribution in [-0.4, -0.2) is 5.91 Å². The average molecular weight is 271 g/mol. The van der Waals surface area contributed by atoms with Crippen LogP contribution in [0.2, 0.25) is 0 Å². The van der Waals surface area contributed by atoms with Gasteiger partial charge in [-0.3, -0.25) is 4.79 Å². The Bertz CT molecular complexity index is 581. The molecule has 0 unspecified atom stereocenters.